The van der Waals surface area contributed by atoms with E-state index >= 15 is 0 Å². The van der Waals surface area contributed by atoms with Gasteiger partial charge in [-0.25, -0.2) is 0 Å². The summed E-state index contributed by atoms with van der Waals surface area (Å²) < 4.78 is 0. The molecule has 0 saturated heterocycles. The molecule has 2 rings (SSSR count). The molecular formula is C12H18. The van der Waals surface area contributed by atoms with Crippen molar-refractivity contribution in [1.29, 1.82) is 0 Å². The molecule has 0 atom stereocenters. The third-order valence-electron chi connectivity index (χ3n) is 2.26. The first-order chi connectivity index (χ1) is 5.86. The Labute approximate surface area is 75.6 Å². The Morgan fingerprint density at radius 1 is 1.00 bits per heavy atom. The van der Waals surface area contributed by atoms with Crippen LogP contribution in [0.4, 0.5) is 0 Å². The molecule has 1 aliphatic rings. The van der Waals surface area contributed by atoms with Crippen LogP contribution in [-0.4, -0.2) is 0 Å². The highest BCUT2D eigenvalue weighted by molar-refractivity contribution is 5.31. The van der Waals surface area contributed by atoms with Crippen LogP contribution in [0.2, 0.25) is 0 Å². The van der Waals surface area contributed by atoms with Crippen molar-refractivity contribution in [3.05, 3.63) is 35.4 Å². The van der Waals surface area contributed by atoms with Crippen LogP contribution in [0.5, 0.6) is 0 Å². The molecule has 0 unspecified atom stereocenters. The lowest BCUT2D eigenvalue weighted by molar-refractivity contribution is 0.628. The van der Waals surface area contributed by atoms with E-state index in [-0.39, 0.29) is 0 Å². The van der Waals surface area contributed by atoms with Crippen molar-refractivity contribution in [2.24, 2.45) is 5.92 Å². The third kappa shape index (κ3) is 1.88. The highest BCUT2D eigenvalue weighted by atomic mass is 14.2. The van der Waals surface area contributed by atoms with Gasteiger partial charge in [0.15, 0.2) is 0 Å². The summed E-state index contributed by atoms with van der Waals surface area (Å²) >= 11 is 0. The maximum Gasteiger partial charge on any atom is -0.0247 e. The SMILES string of the molecule is CC.CC1Cc2ccccc2C1. The summed E-state index contributed by atoms with van der Waals surface area (Å²) in [6, 6.07) is 8.77. The number of benzene rings is 1. The van der Waals surface area contributed by atoms with Crippen molar-refractivity contribution in [2.45, 2.75) is 33.6 Å². The van der Waals surface area contributed by atoms with Gasteiger partial charge in [-0.2, -0.15) is 0 Å². The Kier molecular flexibility index (Phi) is 3.33. The smallest absolute Gasteiger partial charge is 0.0247 e. The predicted octanol–water partition coefficient (Wildman–Crippen LogP) is 3.45. The largest absolute Gasteiger partial charge is 0.0683 e. The van der Waals surface area contributed by atoms with Gasteiger partial charge >= 0.3 is 0 Å². The molecule has 0 heteroatoms. The topological polar surface area (TPSA) is 0 Å². The molecule has 0 heterocycles. The quantitative estimate of drug-likeness (QED) is 0.548. The average molecular weight is 162 g/mol. The maximum absolute atomic E-state index is 2.32. The molecule has 66 valence electrons. The molecule has 0 fully saturated rings. The fourth-order valence-electron chi connectivity index (χ4n) is 1.78. The van der Waals surface area contributed by atoms with Gasteiger partial charge in [-0.1, -0.05) is 45.0 Å². The highest BCUT2D eigenvalue weighted by Gasteiger charge is 2.15. The molecule has 12 heavy (non-hydrogen) atoms. The van der Waals surface area contributed by atoms with E-state index < -0.39 is 0 Å². The Morgan fingerprint density at radius 3 is 1.83 bits per heavy atom. The summed E-state index contributed by atoms with van der Waals surface area (Å²) in [6.45, 7) is 6.32. The van der Waals surface area contributed by atoms with Gasteiger partial charge in [0.1, 0.15) is 0 Å². The highest BCUT2D eigenvalue weighted by Crippen LogP contribution is 2.25. The summed E-state index contributed by atoms with van der Waals surface area (Å²) in [5.74, 6) is 0.873. The van der Waals surface area contributed by atoms with Gasteiger partial charge < -0.3 is 0 Å². The lowest BCUT2D eigenvalue weighted by Crippen LogP contribution is -1.89. The van der Waals surface area contributed by atoms with E-state index in [2.05, 4.69) is 31.2 Å². The summed E-state index contributed by atoms with van der Waals surface area (Å²) in [6.07, 6.45) is 2.58. The lowest BCUT2D eigenvalue weighted by Gasteiger charge is -1.93. The second-order valence-electron chi connectivity index (χ2n) is 3.28. The Hall–Kier alpha value is -0.780. The average Bonchev–Trinajstić information content (AvgIpc) is 2.48. The molecule has 1 aromatic rings. The van der Waals surface area contributed by atoms with Crippen LogP contribution in [0.3, 0.4) is 0 Å². The van der Waals surface area contributed by atoms with Crippen LogP contribution < -0.4 is 0 Å². The van der Waals surface area contributed by atoms with Crippen LogP contribution in [0, 0.1) is 5.92 Å². The minimum absolute atomic E-state index is 0.873. The van der Waals surface area contributed by atoms with Crippen molar-refractivity contribution in [3.8, 4) is 0 Å². The van der Waals surface area contributed by atoms with Crippen LogP contribution >= 0.6 is 0 Å². The van der Waals surface area contributed by atoms with Gasteiger partial charge in [-0.15, -0.1) is 0 Å². The van der Waals surface area contributed by atoms with Crippen molar-refractivity contribution in [2.75, 3.05) is 0 Å². The van der Waals surface area contributed by atoms with E-state index in [4.69, 9.17) is 0 Å². The summed E-state index contributed by atoms with van der Waals surface area (Å²) in [4.78, 5) is 0. The zero-order valence-corrected chi connectivity index (χ0v) is 8.30. The Bertz CT molecular complexity index is 213. The molecule has 1 aromatic carbocycles. The fraction of sp³-hybridized carbons (Fsp3) is 0.500. The third-order valence-corrected chi connectivity index (χ3v) is 2.26. The van der Waals surface area contributed by atoms with Crippen molar-refractivity contribution < 1.29 is 0 Å². The minimum Gasteiger partial charge on any atom is -0.0683 e. The maximum atomic E-state index is 2.32. The van der Waals surface area contributed by atoms with Crippen LogP contribution in [0.15, 0.2) is 24.3 Å². The first-order valence-corrected chi connectivity index (χ1v) is 4.93. The van der Waals surface area contributed by atoms with Gasteiger partial charge in [0.25, 0.3) is 0 Å². The summed E-state index contributed by atoms with van der Waals surface area (Å²) in [5, 5.41) is 0. The normalized spacial score (nSPS) is 14.9. The Balaban J connectivity index is 0.000000336. The molecule has 1 aliphatic carbocycles. The summed E-state index contributed by atoms with van der Waals surface area (Å²) in [7, 11) is 0. The van der Waals surface area contributed by atoms with Crippen LogP contribution in [0.1, 0.15) is 31.9 Å². The second kappa shape index (κ2) is 4.30. The van der Waals surface area contributed by atoms with Gasteiger partial charge in [-0.3, -0.25) is 0 Å². The number of hydrogen-bond donors (Lipinski definition) is 0. The van der Waals surface area contributed by atoms with Gasteiger partial charge in [0.2, 0.25) is 0 Å². The van der Waals surface area contributed by atoms with E-state index in [0.29, 0.717) is 0 Å². The van der Waals surface area contributed by atoms with Gasteiger partial charge in [0, 0.05) is 0 Å². The van der Waals surface area contributed by atoms with Crippen molar-refractivity contribution >= 4 is 0 Å². The monoisotopic (exact) mass is 162 g/mol. The molecule has 0 saturated carbocycles. The number of rotatable bonds is 0. The molecule has 0 radical (unpaired) electrons. The van der Waals surface area contributed by atoms with Crippen molar-refractivity contribution in [3.63, 3.8) is 0 Å². The molecule has 0 nitrogen and oxygen atoms in total. The van der Waals surface area contributed by atoms with Crippen molar-refractivity contribution in [1.82, 2.24) is 0 Å². The first-order valence-electron chi connectivity index (χ1n) is 4.93. The Morgan fingerprint density at radius 2 is 1.42 bits per heavy atom. The number of fused-ring (bicyclic) bond motifs is 1. The van der Waals surface area contributed by atoms with Crippen LogP contribution in [-0.2, 0) is 12.8 Å². The molecule has 0 amide bonds. The van der Waals surface area contributed by atoms with Gasteiger partial charge in [0.05, 0.1) is 0 Å². The molecule has 0 N–H and O–H groups in total. The van der Waals surface area contributed by atoms with E-state index in [9.17, 15) is 0 Å². The molecular weight excluding hydrogens is 144 g/mol. The molecule has 0 aromatic heterocycles. The fourth-order valence-corrected chi connectivity index (χ4v) is 1.78. The molecule has 0 spiro atoms. The minimum atomic E-state index is 0.873. The zero-order chi connectivity index (χ0) is 8.97. The predicted molar refractivity (Wildman–Crippen MR) is 54.4 cm³/mol. The zero-order valence-electron chi connectivity index (χ0n) is 8.30. The molecule has 0 aliphatic heterocycles. The van der Waals surface area contributed by atoms with E-state index in [1.165, 1.54) is 12.8 Å². The molecule has 0 bridgehead atoms. The van der Waals surface area contributed by atoms with Gasteiger partial charge in [-0.05, 0) is 29.9 Å². The van der Waals surface area contributed by atoms with E-state index in [1.807, 2.05) is 13.8 Å². The second-order valence-corrected chi connectivity index (χ2v) is 3.28. The summed E-state index contributed by atoms with van der Waals surface area (Å²) in [5.41, 5.74) is 3.13. The number of hydrogen-bond acceptors (Lipinski definition) is 0. The first kappa shape index (κ1) is 9.31. The van der Waals surface area contributed by atoms with E-state index in [1.54, 1.807) is 11.1 Å². The van der Waals surface area contributed by atoms with E-state index in [0.717, 1.165) is 5.92 Å². The lowest BCUT2D eigenvalue weighted by atomic mass is 10.1. The standard InChI is InChI=1S/C10H12.C2H6/c1-8-6-9-4-2-3-5-10(9)7-8;1-2/h2-5,8H,6-7H2,1H3;1-2H3. The van der Waals surface area contributed by atoms with Crippen LogP contribution in [0.25, 0.3) is 0 Å².